The van der Waals surface area contributed by atoms with Gasteiger partial charge in [0, 0.05) is 26.1 Å². The molecule has 2 unspecified atom stereocenters. The van der Waals surface area contributed by atoms with E-state index in [4.69, 9.17) is 4.74 Å². The second-order valence-corrected chi connectivity index (χ2v) is 6.46. The number of rotatable bonds is 2. The van der Waals surface area contributed by atoms with Crippen molar-refractivity contribution in [2.24, 2.45) is 0 Å². The Labute approximate surface area is 90.1 Å². The molecule has 6 heteroatoms. The highest BCUT2D eigenvalue weighted by Gasteiger charge is 2.44. The molecule has 0 aliphatic carbocycles. The number of sulfonamides is 1. The number of ether oxygens (including phenoxy) is 1. The summed E-state index contributed by atoms with van der Waals surface area (Å²) in [5.41, 5.74) is -1.00. The minimum atomic E-state index is -3.12. The van der Waals surface area contributed by atoms with Crippen LogP contribution in [0.5, 0.6) is 0 Å². The molecule has 2 aliphatic heterocycles. The van der Waals surface area contributed by atoms with E-state index in [0.717, 1.165) is 0 Å². The molecular weight excluding hydrogens is 218 g/mol. The first-order valence-corrected chi connectivity index (χ1v) is 6.87. The van der Waals surface area contributed by atoms with Gasteiger partial charge in [0.05, 0.1) is 11.9 Å². The van der Waals surface area contributed by atoms with Crippen LogP contribution >= 0.6 is 0 Å². The number of nitrogens with zero attached hydrogens (tertiary/aromatic N) is 1. The molecule has 2 atom stereocenters. The molecule has 5 nitrogen and oxygen atoms in total. The zero-order valence-electron chi connectivity index (χ0n) is 8.85. The zero-order valence-corrected chi connectivity index (χ0v) is 9.66. The van der Waals surface area contributed by atoms with Crippen molar-refractivity contribution >= 4 is 10.0 Å². The molecule has 0 bridgehead atoms. The summed E-state index contributed by atoms with van der Waals surface area (Å²) in [5, 5.41) is 10.2. The minimum Gasteiger partial charge on any atom is -0.386 e. The van der Waals surface area contributed by atoms with Gasteiger partial charge in [0.2, 0.25) is 10.0 Å². The fourth-order valence-corrected chi connectivity index (χ4v) is 3.73. The standard InChI is InChI=1S/C9H17NO4S/c1-8-9(11,3-5-14-8)7-10-4-2-6-15(10,12)13/h8,11H,2-7H2,1H3. The molecule has 2 rings (SSSR count). The summed E-state index contributed by atoms with van der Waals surface area (Å²) in [4.78, 5) is 0. The first-order chi connectivity index (χ1) is 6.94. The first kappa shape index (κ1) is 11.3. The van der Waals surface area contributed by atoms with Gasteiger partial charge >= 0.3 is 0 Å². The fraction of sp³-hybridized carbons (Fsp3) is 1.00. The lowest BCUT2D eigenvalue weighted by Gasteiger charge is -2.29. The summed E-state index contributed by atoms with van der Waals surface area (Å²) in [6.45, 7) is 3.00. The third kappa shape index (κ3) is 2.04. The normalized spacial score (nSPS) is 41.1. The van der Waals surface area contributed by atoms with Crippen molar-refractivity contribution in [3.05, 3.63) is 0 Å². The molecule has 1 N–H and O–H groups in total. The topological polar surface area (TPSA) is 66.8 Å². The maximum Gasteiger partial charge on any atom is 0.214 e. The third-order valence-corrected chi connectivity index (χ3v) is 5.22. The molecule has 0 spiro atoms. The van der Waals surface area contributed by atoms with Crippen molar-refractivity contribution in [3.8, 4) is 0 Å². The zero-order chi connectivity index (χ0) is 11.1. The Morgan fingerprint density at radius 2 is 2.33 bits per heavy atom. The van der Waals surface area contributed by atoms with E-state index < -0.39 is 15.6 Å². The van der Waals surface area contributed by atoms with E-state index in [9.17, 15) is 13.5 Å². The van der Waals surface area contributed by atoms with Crippen LogP contribution in [0.4, 0.5) is 0 Å². The highest BCUT2D eigenvalue weighted by atomic mass is 32.2. The summed E-state index contributed by atoms with van der Waals surface area (Å²) < 4.78 is 29.8. The van der Waals surface area contributed by atoms with E-state index in [0.29, 0.717) is 26.0 Å². The van der Waals surface area contributed by atoms with Crippen LogP contribution in [0.3, 0.4) is 0 Å². The van der Waals surface area contributed by atoms with Gasteiger partial charge in [-0.05, 0) is 13.3 Å². The van der Waals surface area contributed by atoms with Gasteiger partial charge < -0.3 is 9.84 Å². The van der Waals surface area contributed by atoms with Crippen LogP contribution in [-0.2, 0) is 14.8 Å². The number of aliphatic hydroxyl groups is 1. The summed E-state index contributed by atoms with van der Waals surface area (Å²) >= 11 is 0. The van der Waals surface area contributed by atoms with E-state index >= 15 is 0 Å². The molecule has 2 fully saturated rings. The van der Waals surface area contributed by atoms with E-state index in [2.05, 4.69) is 0 Å². The van der Waals surface area contributed by atoms with Gasteiger partial charge in [-0.25, -0.2) is 8.42 Å². The lowest BCUT2D eigenvalue weighted by atomic mass is 9.97. The predicted molar refractivity (Wildman–Crippen MR) is 55.0 cm³/mol. The molecule has 88 valence electrons. The van der Waals surface area contributed by atoms with Gasteiger partial charge in [0.15, 0.2) is 0 Å². The van der Waals surface area contributed by atoms with Crippen molar-refractivity contribution in [3.63, 3.8) is 0 Å². The molecule has 15 heavy (non-hydrogen) atoms. The molecule has 0 radical (unpaired) electrons. The molecule has 0 aromatic rings. The number of hydrogen-bond donors (Lipinski definition) is 1. The average Bonchev–Trinajstić information content (AvgIpc) is 2.60. The van der Waals surface area contributed by atoms with Crippen LogP contribution < -0.4 is 0 Å². The SMILES string of the molecule is CC1OCCC1(O)CN1CCCS1(=O)=O. The predicted octanol–water partition coefficient (Wildman–Crippen LogP) is -0.438. The number of β-amino-alcohol motifs (C(OH)–C–C–N with tert-alkyl or cyclic N) is 1. The van der Waals surface area contributed by atoms with Gasteiger partial charge in [-0.3, -0.25) is 0 Å². The third-order valence-electron chi connectivity index (χ3n) is 3.31. The summed E-state index contributed by atoms with van der Waals surface area (Å²) in [6, 6.07) is 0. The molecule has 2 heterocycles. The van der Waals surface area contributed by atoms with E-state index in [1.54, 1.807) is 6.92 Å². The Bertz CT molecular complexity index is 342. The lowest BCUT2D eigenvalue weighted by Crippen LogP contribution is -2.48. The monoisotopic (exact) mass is 235 g/mol. The van der Waals surface area contributed by atoms with Crippen molar-refractivity contribution in [1.29, 1.82) is 0 Å². The highest BCUT2D eigenvalue weighted by Crippen LogP contribution is 2.28. The van der Waals surface area contributed by atoms with Crippen LogP contribution in [0.15, 0.2) is 0 Å². The van der Waals surface area contributed by atoms with Gasteiger partial charge in [0.25, 0.3) is 0 Å². The second-order valence-electron chi connectivity index (χ2n) is 4.37. The maximum absolute atomic E-state index is 11.6. The number of hydrogen-bond acceptors (Lipinski definition) is 4. The van der Waals surface area contributed by atoms with Gasteiger partial charge in [0.1, 0.15) is 5.60 Å². The smallest absolute Gasteiger partial charge is 0.214 e. The van der Waals surface area contributed by atoms with E-state index in [1.807, 2.05) is 0 Å². The quantitative estimate of drug-likeness (QED) is 0.705. The van der Waals surface area contributed by atoms with Crippen LogP contribution in [0.1, 0.15) is 19.8 Å². The summed E-state index contributed by atoms with van der Waals surface area (Å²) in [5.74, 6) is 0.207. The van der Waals surface area contributed by atoms with Crippen LogP contribution in [0.25, 0.3) is 0 Å². The Morgan fingerprint density at radius 1 is 1.60 bits per heavy atom. The van der Waals surface area contributed by atoms with Crippen molar-refractivity contribution in [2.75, 3.05) is 25.4 Å². The van der Waals surface area contributed by atoms with Gasteiger partial charge in [-0.1, -0.05) is 0 Å². The van der Waals surface area contributed by atoms with Crippen molar-refractivity contribution in [2.45, 2.75) is 31.5 Å². The molecular formula is C9H17NO4S. The Morgan fingerprint density at radius 3 is 2.80 bits per heavy atom. The van der Waals surface area contributed by atoms with E-state index in [-0.39, 0.29) is 18.4 Å². The van der Waals surface area contributed by atoms with Crippen molar-refractivity contribution < 1.29 is 18.3 Å². The molecule has 0 aromatic heterocycles. The largest absolute Gasteiger partial charge is 0.386 e. The molecule has 2 saturated heterocycles. The van der Waals surface area contributed by atoms with E-state index in [1.165, 1.54) is 4.31 Å². The van der Waals surface area contributed by atoms with Gasteiger partial charge in [-0.2, -0.15) is 4.31 Å². The molecule has 0 amide bonds. The van der Waals surface area contributed by atoms with Crippen LogP contribution in [0.2, 0.25) is 0 Å². The molecule has 2 aliphatic rings. The summed E-state index contributed by atoms with van der Waals surface area (Å²) in [7, 11) is -3.12. The highest BCUT2D eigenvalue weighted by molar-refractivity contribution is 7.89. The van der Waals surface area contributed by atoms with Gasteiger partial charge in [-0.15, -0.1) is 0 Å². The first-order valence-electron chi connectivity index (χ1n) is 5.26. The second kappa shape index (κ2) is 3.69. The van der Waals surface area contributed by atoms with Crippen molar-refractivity contribution in [1.82, 2.24) is 4.31 Å². The summed E-state index contributed by atoms with van der Waals surface area (Å²) in [6.07, 6.45) is 0.890. The minimum absolute atomic E-state index is 0.177. The van der Waals surface area contributed by atoms with Crippen LogP contribution in [-0.4, -0.2) is 55.0 Å². The Kier molecular flexibility index (Phi) is 2.79. The molecule has 0 aromatic carbocycles. The maximum atomic E-state index is 11.6. The Hall–Kier alpha value is -0.170. The van der Waals surface area contributed by atoms with Crippen LogP contribution in [0, 0.1) is 0 Å². The molecule has 0 saturated carbocycles. The fourth-order valence-electron chi connectivity index (χ4n) is 2.15. The lowest BCUT2D eigenvalue weighted by molar-refractivity contribution is -0.0364. The average molecular weight is 235 g/mol. The Balaban J connectivity index is 2.08.